The third-order valence-corrected chi connectivity index (χ3v) is 5.56. The van der Waals surface area contributed by atoms with E-state index in [4.69, 9.17) is 5.73 Å². The first kappa shape index (κ1) is 13.5. The predicted octanol–water partition coefficient (Wildman–Crippen LogP) is 1.27. The fraction of sp³-hybridized carbons (Fsp3) is 0.538. The lowest BCUT2D eigenvalue weighted by molar-refractivity contribution is 0.459. The van der Waals surface area contributed by atoms with Crippen LogP contribution in [0.15, 0.2) is 23.1 Å². The van der Waals surface area contributed by atoms with Gasteiger partial charge in [0.25, 0.3) is 0 Å². The minimum Gasteiger partial charge on any atom is -0.330 e. The van der Waals surface area contributed by atoms with Crippen molar-refractivity contribution in [3.8, 4) is 0 Å². The molecule has 0 unspecified atom stereocenters. The minimum atomic E-state index is -3.34. The summed E-state index contributed by atoms with van der Waals surface area (Å²) >= 11 is 0. The first-order valence-electron chi connectivity index (χ1n) is 6.22. The van der Waals surface area contributed by atoms with E-state index in [0.29, 0.717) is 30.4 Å². The first-order chi connectivity index (χ1) is 8.45. The molecule has 0 amide bonds. The Kier molecular flexibility index (Phi) is 3.75. The Balaban J connectivity index is 2.28. The van der Waals surface area contributed by atoms with Gasteiger partial charge in [0.1, 0.15) is 0 Å². The van der Waals surface area contributed by atoms with Gasteiger partial charge in [0.05, 0.1) is 4.90 Å². The molecule has 100 valence electrons. The lowest BCUT2D eigenvalue weighted by Crippen LogP contribution is -2.30. The van der Waals surface area contributed by atoms with Crippen LogP contribution in [0, 0.1) is 19.8 Å². The van der Waals surface area contributed by atoms with Crippen LogP contribution in [-0.2, 0) is 10.0 Å². The van der Waals surface area contributed by atoms with Crippen LogP contribution in [0.2, 0.25) is 0 Å². The molecule has 1 aliphatic heterocycles. The summed E-state index contributed by atoms with van der Waals surface area (Å²) in [5.74, 6) is 0.298. The Morgan fingerprint density at radius 2 is 2.06 bits per heavy atom. The maximum atomic E-state index is 12.4. The average Bonchev–Trinajstić information content (AvgIpc) is 2.81. The summed E-state index contributed by atoms with van der Waals surface area (Å²) in [6.45, 7) is 5.59. The van der Waals surface area contributed by atoms with Gasteiger partial charge in [0.2, 0.25) is 10.0 Å². The molecule has 1 saturated heterocycles. The lowest BCUT2D eigenvalue weighted by atomic mass is 10.1. The van der Waals surface area contributed by atoms with Crippen LogP contribution >= 0.6 is 0 Å². The van der Waals surface area contributed by atoms with Gasteiger partial charge in [0, 0.05) is 13.1 Å². The maximum Gasteiger partial charge on any atom is 0.243 e. The van der Waals surface area contributed by atoms with E-state index in [2.05, 4.69) is 0 Å². The molecule has 0 spiro atoms. The molecule has 1 heterocycles. The van der Waals surface area contributed by atoms with Gasteiger partial charge >= 0.3 is 0 Å². The molecular weight excluding hydrogens is 248 g/mol. The molecule has 1 aromatic carbocycles. The zero-order chi connectivity index (χ0) is 13.3. The normalized spacial score (nSPS) is 21.4. The zero-order valence-electron chi connectivity index (χ0n) is 10.9. The lowest BCUT2D eigenvalue weighted by Gasteiger charge is -2.17. The fourth-order valence-corrected chi connectivity index (χ4v) is 3.85. The molecule has 18 heavy (non-hydrogen) atoms. The van der Waals surface area contributed by atoms with Gasteiger partial charge < -0.3 is 5.73 Å². The summed E-state index contributed by atoms with van der Waals surface area (Å²) in [6, 6.07) is 5.30. The second-order valence-electron chi connectivity index (χ2n) is 5.00. The van der Waals surface area contributed by atoms with Gasteiger partial charge in [-0.3, -0.25) is 0 Å². The number of benzene rings is 1. The van der Waals surface area contributed by atoms with Crippen LogP contribution in [0.5, 0.6) is 0 Å². The van der Waals surface area contributed by atoms with Crippen molar-refractivity contribution in [2.75, 3.05) is 19.6 Å². The molecule has 0 bridgehead atoms. The third kappa shape index (κ3) is 2.43. The van der Waals surface area contributed by atoms with Crippen molar-refractivity contribution in [2.24, 2.45) is 11.7 Å². The number of aryl methyl sites for hydroxylation is 2. The molecule has 0 radical (unpaired) electrons. The summed E-state index contributed by atoms with van der Waals surface area (Å²) in [4.78, 5) is 0.392. The second-order valence-corrected chi connectivity index (χ2v) is 6.94. The molecule has 4 nitrogen and oxygen atoms in total. The number of rotatable bonds is 3. The molecule has 0 aromatic heterocycles. The Labute approximate surface area is 109 Å². The van der Waals surface area contributed by atoms with E-state index in [0.717, 1.165) is 17.5 Å². The van der Waals surface area contributed by atoms with E-state index >= 15 is 0 Å². The molecule has 5 heteroatoms. The standard InChI is InChI=1S/C13H20N2O2S/c1-10-3-4-13(7-11(10)2)18(16,17)15-6-5-12(8-14)9-15/h3-4,7,12H,5-6,8-9,14H2,1-2H3/t12-/m0/s1. The van der Waals surface area contributed by atoms with E-state index in [9.17, 15) is 8.42 Å². The fourth-order valence-electron chi connectivity index (χ4n) is 2.23. The summed E-state index contributed by atoms with van der Waals surface area (Å²) in [5.41, 5.74) is 7.71. The summed E-state index contributed by atoms with van der Waals surface area (Å²) in [5, 5.41) is 0. The number of hydrogen-bond acceptors (Lipinski definition) is 3. The SMILES string of the molecule is Cc1ccc(S(=O)(=O)N2CC[C@@H](CN)C2)cc1C. The first-order valence-corrected chi connectivity index (χ1v) is 7.66. The average molecular weight is 268 g/mol. The van der Waals surface area contributed by atoms with Crippen molar-refractivity contribution in [3.63, 3.8) is 0 Å². The summed E-state index contributed by atoms with van der Waals surface area (Å²) < 4.78 is 26.4. The number of hydrogen-bond donors (Lipinski definition) is 1. The molecule has 1 atom stereocenters. The number of sulfonamides is 1. The maximum absolute atomic E-state index is 12.4. The van der Waals surface area contributed by atoms with Crippen LogP contribution in [0.4, 0.5) is 0 Å². The molecule has 2 N–H and O–H groups in total. The highest BCUT2D eigenvalue weighted by Gasteiger charge is 2.31. The van der Waals surface area contributed by atoms with Gasteiger partial charge in [-0.05, 0) is 56.0 Å². The van der Waals surface area contributed by atoms with Crippen molar-refractivity contribution in [1.82, 2.24) is 4.31 Å². The molecule has 1 aliphatic rings. The predicted molar refractivity (Wildman–Crippen MR) is 71.8 cm³/mol. The highest BCUT2D eigenvalue weighted by molar-refractivity contribution is 7.89. The summed E-state index contributed by atoms with van der Waals surface area (Å²) in [6.07, 6.45) is 0.862. The van der Waals surface area contributed by atoms with Gasteiger partial charge in [-0.15, -0.1) is 0 Å². The van der Waals surface area contributed by atoms with Crippen molar-refractivity contribution in [2.45, 2.75) is 25.2 Å². The molecule has 0 aliphatic carbocycles. The van der Waals surface area contributed by atoms with Crippen LogP contribution in [-0.4, -0.2) is 32.4 Å². The Morgan fingerprint density at radius 1 is 1.33 bits per heavy atom. The third-order valence-electron chi connectivity index (χ3n) is 3.70. The van der Waals surface area contributed by atoms with Crippen molar-refractivity contribution < 1.29 is 8.42 Å². The topological polar surface area (TPSA) is 63.4 Å². The van der Waals surface area contributed by atoms with Gasteiger partial charge in [0.15, 0.2) is 0 Å². The van der Waals surface area contributed by atoms with Crippen LogP contribution < -0.4 is 5.73 Å². The Morgan fingerprint density at radius 3 is 2.61 bits per heavy atom. The Bertz CT molecular complexity index is 540. The van der Waals surface area contributed by atoms with Crippen molar-refractivity contribution in [1.29, 1.82) is 0 Å². The molecular formula is C13H20N2O2S. The minimum absolute atomic E-state index is 0.298. The number of nitrogens with two attached hydrogens (primary N) is 1. The van der Waals surface area contributed by atoms with E-state index in [1.165, 1.54) is 0 Å². The monoisotopic (exact) mass is 268 g/mol. The molecule has 1 aromatic rings. The van der Waals surface area contributed by atoms with E-state index in [-0.39, 0.29) is 0 Å². The molecule has 1 fully saturated rings. The highest BCUT2D eigenvalue weighted by atomic mass is 32.2. The Hall–Kier alpha value is -0.910. The van der Waals surface area contributed by atoms with E-state index < -0.39 is 10.0 Å². The van der Waals surface area contributed by atoms with Crippen LogP contribution in [0.1, 0.15) is 17.5 Å². The van der Waals surface area contributed by atoms with E-state index in [1.54, 1.807) is 16.4 Å². The van der Waals surface area contributed by atoms with Gasteiger partial charge in [-0.2, -0.15) is 4.31 Å². The zero-order valence-corrected chi connectivity index (χ0v) is 11.7. The summed E-state index contributed by atoms with van der Waals surface area (Å²) in [7, 11) is -3.34. The van der Waals surface area contributed by atoms with Crippen molar-refractivity contribution >= 4 is 10.0 Å². The van der Waals surface area contributed by atoms with E-state index in [1.807, 2.05) is 19.9 Å². The van der Waals surface area contributed by atoms with Gasteiger partial charge in [-0.25, -0.2) is 8.42 Å². The molecule has 0 saturated carbocycles. The smallest absolute Gasteiger partial charge is 0.243 e. The molecule has 2 rings (SSSR count). The largest absolute Gasteiger partial charge is 0.330 e. The van der Waals surface area contributed by atoms with Crippen molar-refractivity contribution in [3.05, 3.63) is 29.3 Å². The highest BCUT2D eigenvalue weighted by Crippen LogP contribution is 2.24. The number of nitrogens with zero attached hydrogens (tertiary/aromatic N) is 1. The van der Waals surface area contributed by atoms with Gasteiger partial charge in [-0.1, -0.05) is 6.07 Å². The van der Waals surface area contributed by atoms with Crippen LogP contribution in [0.25, 0.3) is 0 Å². The quantitative estimate of drug-likeness (QED) is 0.898. The second kappa shape index (κ2) is 4.99. The van der Waals surface area contributed by atoms with Crippen LogP contribution in [0.3, 0.4) is 0 Å².